The number of likely N-dealkylation sites (tertiary alicyclic amines) is 1. The van der Waals surface area contributed by atoms with Gasteiger partial charge in [-0.2, -0.15) is 0 Å². The zero-order valence-corrected chi connectivity index (χ0v) is 20.4. The summed E-state index contributed by atoms with van der Waals surface area (Å²) in [6.45, 7) is 6.46. The van der Waals surface area contributed by atoms with Crippen LogP contribution in [0.3, 0.4) is 0 Å². The fraction of sp³-hybridized carbons (Fsp3) is 0.440. The van der Waals surface area contributed by atoms with Gasteiger partial charge in [0.15, 0.2) is 0 Å². The van der Waals surface area contributed by atoms with Crippen molar-refractivity contribution >= 4 is 27.5 Å². The van der Waals surface area contributed by atoms with Crippen LogP contribution in [0.4, 0.5) is 5.69 Å². The molecular formula is C25H33N3O4S. The number of hydrogen-bond donors (Lipinski definition) is 2. The fourth-order valence-electron chi connectivity index (χ4n) is 4.02. The van der Waals surface area contributed by atoms with Crippen molar-refractivity contribution < 1.29 is 18.0 Å². The Morgan fingerprint density at radius 2 is 1.73 bits per heavy atom. The number of amides is 2. The Morgan fingerprint density at radius 1 is 1.06 bits per heavy atom. The number of nitrogens with one attached hydrogen (secondary N) is 2. The van der Waals surface area contributed by atoms with Crippen LogP contribution in [-0.4, -0.2) is 44.3 Å². The van der Waals surface area contributed by atoms with Crippen molar-refractivity contribution in [3.05, 3.63) is 59.2 Å². The van der Waals surface area contributed by atoms with Gasteiger partial charge in [-0.3, -0.25) is 14.3 Å². The highest BCUT2D eigenvalue weighted by atomic mass is 32.2. The molecule has 7 nitrogen and oxygen atoms in total. The van der Waals surface area contributed by atoms with Gasteiger partial charge in [0, 0.05) is 37.3 Å². The Balaban J connectivity index is 1.72. The number of hydrogen-bond acceptors (Lipinski definition) is 4. The molecule has 1 heterocycles. The lowest BCUT2D eigenvalue weighted by molar-refractivity contribution is -0.119. The maximum absolute atomic E-state index is 13.1. The van der Waals surface area contributed by atoms with E-state index in [2.05, 4.69) is 17.0 Å². The molecule has 0 saturated carbocycles. The first-order valence-corrected chi connectivity index (χ1v) is 13.0. The van der Waals surface area contributed by atoms with Gasteiger partial charge in [0.25, 0.3) is 15.9 Å². The molecule has 1 saturated heterocycles. The summed E-state index contributed by atoms with van der Waals surface area (Å²) in [5.41, 5.74) is 2.77. The summed E-state index contributed by atoms with van der Waals surface area (Å²) in [6, 6.07) is 12.1. The van der Waals surface area contributed by atoms with Crippen molar-refractivity contribution in [1.82, 2.24) is 10.2 Å². The van der Waals surface area contributed by atoms with Crippen LogP contribution in [0.25, 0.3) is 0 Å². The van der Waals surface area contributed by atoms with Crippen molar-refractivity contribution in [2.75, 3.05) is 17.8 Å². The largest absolute Gasteiger partial charge is 0.353 e. The lowest BCUT2D eigenvalue weighted by Gasteiger charge is -2.32. The smallest absolute Gasteiger partial charge is 0.261 e. The van der Waals surface area contributed by atoms with Gasteiger partial charge in [-0.05, 0) is 68.0 Å². The Kier molecular flexibility index (Phi) is 8.13. The molecule has 178 valence electrons. The second kappa shape index (κ2) is 10.8. The predicted octanol–water partition coefficient (Wildman–Crippen LogP) is 3.88. The molecule has 2 aromatic rings. The normalized spacial score (nSPS) is 14.7. The minimum Gasteiger partial charge on any atom is -0.353 e. The zero-order valence-electron chi connectivity index (χ0n) is 19.6. The van der Waals surface area contributed by atoms with Gasteiger partial charge in [-0.25, -0.2) is 8.42 Å². The third-order valence-electron chi connectivity index (χ3n) is 5.96. The number of carbonyl (C=O) groups excluding carboxylic acids is 2. The zero-order chi connectivity index (χ0) is 24.0. The first-order chi connectivity index (χ1) is 15.7. The molecule has 33 heavy (non-hydrogen) atoms. The fourth-order valence-corrected chi connectivity index (χ4v) is 5.10. The molecule has 3 rings (SSSR count). The number of carbonyl (C=O) groups is 2. The van der Waals surface area contributed by atoms with E-state index in [1.807, 2.05) is 12.1 Å². The molecule has 0 radical (unpaired) electrons. The van der Waals surface area contributed by atoms with Gasteiger partial charge in [-0.1, -0.05) is 31.5 Å². The van der Waals surface area contributed by atoms with E-state index in [1.165, 1.54) is 24.6 Å². The molecule has 0 atom stereocenters. The molecule has 0 aromatic heterocycles. The third-order valence-corrected chi connectivity index (χ3v) is 7.34. The van der Waals surface area contributed by atoms with E-state index in [0.717, 1.165) is 24.8 Å². The second-order valence-electron chi connectivity index (χ2n) is 8.65. The van der Waals surface area contributed by atoms with Crippen molar-refractivity contribution in [2.45, 2.75) is 63.8 Å². The number of sulfonamides is 1. The number of unbranched alkanes of at least 4 members (excludes halogenated alkanes) is 1. The van der Waals surface area contributed by atoms with Crippen LogP contribution in [-0.2, 0) is 21.2 Å². The van der Waals surface area contributed by atoms with Crippen LogP contribution in [0, 0.1) is 6.92 Å². The summed E-state index contributed by atoms with van der Waals surface area (Å²) < 4.78 is 28.6. The van der Waals surface area contributed by atoms with Crippen LogP contribution in [0.2, 0.25) is 0 Å². The molecule has 2 amide bonds. The van der Waals surface area contributed by atoms with E-state index >= 15 is 0 Å². The number of nitrogens with zero attached hydrogens (tertiary/aromatic N) is 1. The monoisotopic (exact) mass is 471 g/mol. The standard InChI is InChI=1S/C25H33N3O4S/c1-4-5-6-20-8-10-22(11-9-20)27-33(31,32)23-12-7-18(2)24(17-23)25(30)28-15-13-21(14-16-28)26-19(3)29/h7-12,17,21,27H,4-6,13-16H2,1-3H3,(H,26,29). The van der Waals surface area contributed by atoms with Gasteiger partial charge >= 0.3 is 0 Å². The molecule has 2 aromatic carbocycles. The average molecular weight is 472 g/mol. The molecule has 0 spiro atoms. The van der Waals surface area contributed by atoms with E-state index < -0.39 is 10.0 Å². The van der Waals surface area contributed by atoms with Gasteiger partial charge in [-0.15, -0.1) is 0 Å². The van der Waals surface area contributed by atoms with Crippen LogP contribution in [0.5, 0.6) is 0 Å². The number of benzene rings is 2. The quantitative estimate of drug-likeness (QED) is 0.611. The Morgan fingerprint density at radius 3 is 2.33 bits per heavy atom. The van der Waals surface area contributed by atoms with Crippen LogP contribution in [0.1, 0.15) is 61.0 Å². The average Bonchev–Trinajstić information content (AvgIpc) is 2.78. The van der Waals surface area contributed by atoms with E-state index in [9.17, 15) is 18.0 Å². The van der Waals surface area contributed by atoms with Crippen LogP contribution >= 0.6 is 0 Å². The van der Waals surface area contributed by atoms with E-state index in [1.54, 1.807) is 30.0 Å². The summed E-state index contributed by atoms with van der Waals surface area (Å²) in [7, 11) is -3.84. The van der Waals surface area contributed by atoms with Crippen molar-refractivity contribution in [3.63, 3.8) is 0 Å². The minimum atomic E-state index is -3.84. The number of piperidine rings is 1. The molecular weight excluding hydrogens is 438 g/mol. The Hall–Kier alpha value is -2.87. The lowest BCUT2D eigenvalue weighted by Crippen LogP contribution is -2.46. The summed E-state index contributed by atoms with van der Waals surface area (Å²) in [4.78, 5) is 26.2. The highest BCUT2D eigenvalue weighted by Gasteiger charge is 2.26. The molecule has 1 aliphatic rings. The SMILES string of the molecule is CCCCc1ccc(NS(=O)(=O)c2ccc(C)c(C(=O)N3CCC(NC(C)=O)CC3)c2)cc1. The van der Waals surface area contributed by atoms with Crippen molar-refractivity contribution in [2.24, 2.45) is 0 Å². The molecule has 0 unspecified atom stereocenters. The van der Waals surface area contributed by atoms with Crippen molar-refractivity contribution in [1.29, 1.82) is 0 Å². The molecule has 2 N–H and O–H groups in total. The Labute approximate surface area is 196 Å². The van der Waals surface area contributed by atoms with Gasteiger partial charge in [0.1, 0.15) is 0 Å². The van der Waals surface area contributed by atoms with Crippen molar-refractivity contribution in [3.8, 4) is 0 Å². The van der Waals surface area contributed by atoms with E-state index in [0.29, 0.717) is 37.2 Å². The molecule has 1 fully saturated rings. The second-order valence-corrected chi connectivity index (χ2v) is 10.3. The first kappa shape index (κ1) is 24.8. The molecule has 1 aliphatic heterocycles. The molecule has 0 aliphatic carbocycles. The minimum absolute atomic E-state index is 0.0552. The summed E-state index contributed by atoms with van der Waals surface area (Å²) in [6.07, 6.45) is 4.53. The molecule has 8 heteroatoms. The molecule has 0 bridgehead atoms. The lowest BCUT2D eigenvalue weighted by atomic mass is 10.0. The van der Waals surface area contributed by atoms with E-state index in [4.69, 9.17) is 0 Å². The summed E-state index contributed by atoms with van der Waals surface area (Å²) in [5.74, 6) is -0.261. The predicted molar refractivity (Wildman–Crippen MR) is 130 cm³/mol. The van der Waals surface area contributed by atoms with Gasteiger partial charge in [0.05, 0.1) is 4.90 Å². The highest BCUT2D eigenvalue weighted by molar-refractivity contribution is 7.92. The van der Waals surface area contributed by atoms with Gasteiger partial charge in [0.2, 0.25) is 5.91 Å². The van der Waals surface area contributed by atoms with Crippen LogP contribution < -0.4 is 10.0 Å². The van der Waals surface area contributed by atoms with E-state index in [-0.39, 0.29) is 22.8 Å². The topological polar surface area (TPSA) is 95.6 Å². The number of aryl methyl sites for hydroxylation is 2. The summed E-state index contributed by atoms with van der Waals surface area (Å²) >= 11 is 0. The number of anilines is 1. The first-order valence-electron chi connectivity index (χ1n) is 11.5. The maximum atomic E-state index is 13.1. The highest BCUT2D eigenvalue weighted by Crippen LogP contribution is 2.22. The van der Waals surface area contributed by atoms with Gasteiger partial charge < -0.3 is 10.2 Å². The maximum Gasteiger partial charge on any atom is 0.261 e. The third kappa shape index (κ3) is 6.57. The summed E-state index contributed by atoms with van der Waals surface area (Å²) in [5, 5.41) is 2.89. The van der Waals surface area contributed by atoms with Crippen LogP contribution in [0.15, 0.2) is 47.4 Å². The Bertz CT molecular complexity index is 1090. The number of rotatable bonds is 8.